The van der Waals surface area contributed by atoms with Crippen LogP contribution in [0, 0.1) is 5.41 Å². The first kappa shape index (κ1) is 22.1. The highest BCUT2D eigenvalue weighted by atomic mass is 35.5. The van der Waals surface area contributed by atoms with E-state index in [9.17, 15) is 9.59 Å². The fourth-order valence-corrected chi connectivity index (χ4v) is 3.27. The van der Waals surface area contributed by atoms with Gasteiger partial charge in [0.2, 0.25) is 0 Å². The van der Waals surface area contributed by atoms with Gasteiger partial charge in [-0.25, -0.2) is 4.79 Å². The Labute approximate surface area is 185 Å². The van der Waals surface area contributed by atoms with Crippen LogP contribution in [0.15, 0.2) is 66.7 Å². The number of hydrogen-bond acceptors (Lipinski definition) is 4. The van der Waals surface area contributed by atoms with Crippen LogP contribution in [0.25, 0.3) is 0 Å². The molecule has 0 radical (unpaired) electrons. The SMILES string of the molecule is CC(NC(=O)c1cccc(C=N)c1NCc1ccc(Cl)cc1)c1ccc(C(=O)O)cc1. The first-order valence-electron chi connectivity index (χ1n) is 9.65. The summed E-state index contributed by atoms with van der Waals surface area (Å²) in [6, 6.07) is 18.6. The van der Waals surface area contributed by atoms with Gasteiger partial charge in [0.05, 0.1) is 22.9 Å². The summed E-state index contributed by atoms with van der Waals surface area (Å²) >= 11 is 5.93. The summed E-state index contributed by atoms with van der Waals surface area (Å²) in [5.74, 6) is -1.29. The molecular weight excluding hydrogens is 414 g/mol. The third-order valence-corrected chi connectivity index (χ3v) is 5.14. The Morgan fingerprint density at radius 3 is 2.35 bits per heavy atom. The molecule has 1 unspecified atom stereocenters. The predicted molar refractivity (Wildman–Crippen MR) is 122 cm³/mol. The van der Waals surface area contributed by atoms with Crippen molar-refractivity contribution in [2.24, 2.45) is 0 Å². The minimum atomic E-state index is -0.997. The largest absolute Gasteiger partial charge is 0.478 e. The topological polar surface area (TPSA) is 102 Å². The lowest BCUT2D eigenvalue weighted by atomic mass is 10.0. The molecule has 3 aromatic rings. The third-order valence-electron chi connectivity index (χ3n) is 4.88. The van der Waals surface area contributed by atoms with E-state index in [4.69, 9.17) is 22.1 Å². The van der Waals surface area contributed by atoms with Gasteiger partial charge in [-0.1, -0.05) is 48.0 Å². The second-order valence-electron chi connectivity index (χ2n) is 7.02. The molecular formula is C24H22ClN3O3. The molecule has 158 valence electrons. The third kappa shape index (κ3) is 5.49. The summed E-state index contributed by atoms with van der Waals surface area (Å²) in [4.78, 5) is 24.0. The van der Waals surface area contributed by atoms with Gasteiger partial charge in [-0.3, -0.25) is 4.79 Å². The molecule has 0 bridgehead atoms. The van der Waals surface area contributed by atoms with Crippen molar-refractivity contribution in [2.75, 3.05) is 5.32 Å². The first-order chi connectivity index (χ1) is 14.9. The van der Waals surface area contributed by atoms with Gasteiger partial charge in [0, 0.05) is 23.3 Å². The standard InChI is InChI=1S/C24H22ClN3O3/c1-15(17-7-9-18(10-8-17)24(30)31)28-23(29)21-4-2-3-19(13-26)22(21)27-14-16-5-11-20(25)12-6-16/h2-13,15,26-27H,14H2,1H3,(H,28,29)(H,30,31). The molecule has 3 rings (SSSR count). The predicted octanol–water partition coefficient (Wildman–Crippen LogP) is 5.14. The van der Waals surface area contributed by atoms with Crippen LogP contribution in [-0.2, 0) is 6.54 Å². The number of carboxylic acid groups (broad SMARTS) is 1. The molecule has 1 amide bonds. The maximum Gasteiger partial charge on any atom is 0.335 e. The van der Waals surface area contributed by atoms with Crippen molar-refractivity contribution in [3.05, 3.63) is 99.6 Å². The van der Waals surface area contributed by atoms with Gasteiger partial charge in [0.1, 0.15) is 0 Å². The normalized spacial score (nSPS) is 11.4. The lowest BCUT2D eigenvalue weighted by Gasteiger charge is -2.18. The van der Waals surface area contributed by atoms with E-state index in [1.807, 2.05) is 19.1 Å². The van der Waals surface area contributed by atoms with Crippen LogP contribution in [0.5, 0.6) is 0 Å². The molecule has 0 saturated carbocycles. The number of halogens is 1. The number of nitrogens with one attached hydrogen (secondary N) is 3. The Hall–Kier alpha value is -3.64. The molecule has 0 aliphatic rings. The van der Waals surface area contributed by atoms with E-state index < -0.39 is 5.97 Å². The number of benzene rings is 3. The number of rotatable bonds is 8. The van der Waals surface area contributed by atoms with Crippen molar-refractivity contribution in [3.8, 4) is 0 Å². The molecule has 0 aliphatic carbocycles. The highest BCUT2D eigenvalue weighted by Crippen LogP contribution is 2.23. The average molecular weight is 436 g/mol. The van der Waals surface area contributed by atoms with Crippen LogP contribution in [0.3, 0.4) is 0 Å². The highest BCUT2D eigenvalue weighted by molar-refractivity contribution is 6.30. The van der Waals surface area contributed by atoms with Crippen LogP contribution in [0.4, 0.5) is 5.69 Å². The second kappa shape index (κ2) is 9.91. The van der Waals surface area contributed by atoms with E-state index in [1.54, 1.807) is 42.5 Å². The minimum Gasteiger partial charge on any atom is -0.478 e. The molecule has 7 heteroatoms. The Bertz CT molecular complexity index is 1100. The molecule has 0 fully saturated rings. The molecule has 4 N–H and O–H groups in total. The maximum atomic E-state index is 13.0. The number of carbonyl (C=O) groups is 2. The highest BCUT2D eigenvalue weighted by Gasteiger charge is 2.17. The monoisotopic (exact) mass is 435 g/mol. The van der Waals surface area contributed by atoms with Gasteiger partial charge >= 0.3 is 5.97 Å². The number of amides is 1. The molecule has 0 spiro atoms. The zero-order valence-corrected chi connectivity index (χ0v) is 17.6. The Balaban J connectivity index is 1.78. The van der Waals surface area contributed by atoms with Gasteiger partial charge < -0.3 is 21.1 Å². The molecule has 3 aromatic carbocycles. The van der Waals surface area contributed by atoms with Gasteiger partial charge in [-0.05, 0) is 48.4 Å². The number of carbonyl (C=O) groups excluding carboxylic acids is 1. The van der Waals surface area contributed by atoms with E-state index >= 15 is 0 Å². The molecule has 1 atom stereocenters. The molecule has 0 aromatic heterocycles. The number of aromatic carboxylic acids is 1. The number of carboxylic acids is 1. The summed E-state index contributed by atoms with van der Waals surface area (Å²) in [6.07, 6.45) is 1.20. The first-order valence-corrected chi connectivity index (χ1v) is 10.0. The van der Waals surface area contributed by atoms with Crippen molar-refractivity contribution in [1.82, 2.24) is 5.32 Å². The number of anilines is 1. The van der Waals surface area contributed by atoms with Gasteiger partial charge in [-0.15, -0.1) is 0 Å². The van der Waals surface area contributed by atoms with Crippen molar-refractivity contribution >= 4 is 35.4 Å². The van der Waals surface area contributed by atoms with Crippen molar-refractivity contribution in [2.45, 2.75) is 19.5 Å². The Kier molecular flexibility index (Phi) is 7.05. The molecule has 31 heavy (non-hydrogen) atoms. The summed E-state index contributed by atoms with van der Waals surface area (Å²) in [6.45, 7) is 2.30. The lowest BCUT2D eigenvalue weighted by Crippen LogP contribution is -2.27. The van der Waals surface area contributed by atoms with Crippen LogP contribution in [0.2, 0.25) is 5.02 Å². The lowest BCUT2D eigenvalue weighted by molar-refractivity contribution is 0.0696. The zero-order chi connectivity index (χ0) is 22.4. The summed E-state index contributed by atoms with van der Waals surface area (Å²) in [5, 5.41) is 23.6. The van der Waals surface area contributed by atoms with Crippen molar-refractivity contribution < 1.29 is 14.7 Å². The Morgan fingerprint density at radius 2 is 1.74 bits per heavy atom. The van der Waals surface area contributed by atoms with E-state index in [-0.39, 0.29) is 17.5 Å². The van der Waals surface area contributed by atoms with Crippen molar-refractivity contribution in [1.29, 1.82) is 5.41 Å². The second-order valence-corrected chi connectivity index (χ2v) is 7.45. The zero-order valence-electron chi connectivity index (χ0n) is 16.9. The van der Waals surface area contributed by atoms with E-state index in [0.29, 0.717) is 28.4 Å². The van der Waals surface area contributed by atoms with Crippen LogP contribution in [-0.4, -0.2) is 23.2 Å². The van der Waals surface area contributed by atoms with E-state index in [1.165, 1.54) is 18.3 Å². The van der Waals surface area contributed by atoms with Gasteiger partial charge in [0.15, 0.2) is 0 Å². The molecule has 0 saturated heterocycles. The number of para-hydroxylation sites is 1. The smallest absolute Gasteiger partial charge is 0.335 e. The molecule has 0 heterocycles. The molecule has 6 nitrogen and oxygen atoms in total. The minimum absolute atomic E-state index is 0.189. The Morgan fingerprint density at radius 1 is 1.06 bits per heavy atom. The summed E-state index contributed by atoms with van der Waals surface area (Å²) in [7, 11) is 0. The summed E-state index contributed by atoms with van der Waals surface area (Å²) in [5.41, 5.74) is 3.55. The summed E-state index contributed by atoms with van der Waals surface area (Å²) < 4.78 is 0. The number of hydrogen-bond donors (Lipinski definition) is 4. The fraction of sp³-hybridized carbons (Fsp3) is 0.125. The fourth-order valence-electron chi connectivity index (χ4n) is 3.14. The van der Waals surface area contributed by atoms with Crippen LogP contribution in [0.1, 0.15) is 50.4 Å². The van der Waals surface area contributed by atoms with E-state index in [2.05, 4.69) is 10.6 Å². The molecule has 0 aliphatic heterocycles. The van der Waals surface area contributed by atoms with Gasteiger partial charge in [0.25, 0.3) is 5.91 Å². The van der Waals surface area contributed by atoms with Crippen molar-refractivity contribution in [3.63, 3.8) is 0 Å². The maximum absolute atomic E-state index is 13.0. The van der Waals surface area contributed by atoms with Crippen LogP contribution < -0.4 is 10.6 Å². The average Bonchev–Trinajstić information content (AvgIpc) is 2.78. The van der Waals surface area contributed by atoms with E-state index in [0.717, 1.165) is 11.1 Å². The van der Waals surface area contributed by atoms with Gasteiger partial charge in [-0.2, -0.15) is 0 Å². The quantitative estimate of drug-likeness (QED) is 0.368. The van der Waals surface area contributed by atoms with Crippen LogP contribution >= 0.6 is 11.6 Å².